The van der Waals surface area contributed by atoms with Crippen LogP contribution in [-0.4, -0.2) is 4.98 Å². The van der Waals surface area contributed by atoms with Crippen LogP contribution in [0.25, 0.3) is 15.7 Å². The Balaban J connectivity index is 2.93. The third kappa shape index (κ3) is 1.26. The van der Waals surface area contributed by atoms with Crippen molar-refractivity contribution in [2.75, 3.05) is 0 Å². The van der Waals surface area contributed by atoms with Crippen LogP contribution in [0, 0.1) is 6.57 Å². The van der Waals surface area contributed by atoms with Gasteiger partial charge < -0.3 is 4.98 Å². The molecule has 2 rings (SSSR count). The maximum Gasteiger partial charge on any atom is 0.206 e. The van der Waals surface area contributed by atoms with Crippen molar-refractivity contribution in [2.45, 2.75) is 0 Å². The van der Waals surface area contributed by atoms with Gasteiger partial charge in [-0.25, -0.2) is 4.85 Å². The van der Waals surface area contributed by atoms with Crippen LogP contribution in [0.5, 0.6) is 0 Å². The van der Waals surface area contributed by atoms with Gasteiger partial charge in [0.15, 0.2) is 5.69 Å². The quantitative estimate of drug-likeness (QED) is 0.659. The minimum absolute atomic E-state index is 0.139. The molecule has 0 aliphatic rings. The lowest BCUT2D eigenvalue weighted by Crippen LogP contribution is -2.02. The molecule has 0 saturated heterocycles. The molecule has 1 aromatic heterocycles. The van der Waals surface area contributed by atoms with E-state index in [1.165, 1.54) is 12.3 Å². The minimum atomic E-state index is -0.245. The molecule has 0 radical (unpaired) electrons. The molecule has 14 heavy (non-hydrogen) atoms. The van der Waals surface area contributed by atoms with Crippen LogP contribution in [0.1, 0.15) is 0 Å². The highest BCUT2D eigenvalue weighted by Gasteiger charge is 2.03. The number of rotatable bonds is 0. The van der Waals surface area contributed by atoms with Crippen LogP contribution in [0.4, 0.5) is 5.69 Å². The Kier molecular flexibility index (Phi) is 1.99. The van der Waals surface area contributed by atoms with Gasteiger partial charge in [-0.2, -0.15) is 0 Å². The number of nitrogens with zero attached hydrogens (tertiary/aromatic N) is 1. The summed E-state index contributed by atoms with van der Waals surface area (Å²) in [6.45, 7) is 6.82. The summed E-state index contributed by atoms with van der Waals surface area (Å²) in [4.78, 5) is 17.7. The monoisotopic (exact) mass is 204 g/mol. The largest absolute Gasteiger partial charge is 0.360 e. The van der Waals surface area contributed by atoms with E-state index in [-0.39, 0.29) is 10.5 Å². The van der Waals surface area contributed by atoms with Crippen molar-refractivity contribution < 1.29 is 0 Å². The smallest absolute Gasteiger partial charge is 0.206 e. The van der Waals surface area contributed by atoms with Crippen molar-refractivity contribution in [3.05, 3.63) is 51.1 Å². The van der Waals surface area contributed by atoms with Crippen molar-refractivity contribution in [1.82, 2.24) is 4.98 Å². The number of hydrogen-bond donors (Lipinski definition) is 1. The first-order chi connectivity index (χ1) is 6.72. The lowest BCUT2D eigenvalue weighted by Gasteiger charge is -1.98. The fourth-order valence-corrected chi connectivity index (χ4v) is 1.41. The Labute approximate surface area is 84.8 Å². The standard InChI is InChI=1S/C10H5ClN2O/c1-12-6-2-3-9-7(4-6)10(14)8(11)5-13-9/h2-5H,(H,13,14). The predicted molar refractivity (Wildman–Crippen MR) is 55.8 cm³/mol. The second kappa shape index (κ2) is 3.17. The molecule has 68 valence electrons. The lowest BCUT2D eigenvalue weighted by molar-refractivity contribution is 1.39. The van der Waals surface area contributed by atoms with Crippen LogP contribution in [0.15, 0.2) is 29.2 Å². The average molecular weight is 205 g/mol. The van der Waals surface area contributed by atoms with Gasteiger partial charge in [-0.3, -0.25) is 4.79 Å². The van der Waals surface area contributed by atoms with Crippen molar-refractivity contribution in [3.8, 4) is 0 Å². The third-order valence-corrected chi connectivity index (χ3v) is 2.23. The number of nitrogens with one attached hydrogen (secondary N) is 1. The van der Waals surface area contributed by atoms with E-state index in [1.54, 1.807) is 12.1 Å². The summed E-state index contributed by atoms with van der Waals surface area (Å²) in [7, 11) is 0. The van der Waals surface area contributed by atoms with Crippen LogP contribution in [0.3, 0.4) is 0 Å². The highest BCUT2D eigenvalue weighted by atomic mass is 35.5. The number of pyridine rings is 1. The summed E-state index contributed by atoms with van der Waals surface area (Å²) >= 11 is 5.66. The first-order valence-electron chi connectivity index (χ1n) is 3.91. The molecule has 0 amide bonds. The molecular formula is C10H5ClN2O. The Morgan fingerprint density at radius 1 is 1.43 bits per heavy atom. The van der Waals surface area contributed by atoms with Crippen LogP contribution >= 0.6 is 11.6 Å². The number of fused-ring (bicyclic) bond motifs is 1. The molecule has 0 atom stereocenters. The molecule has 1 heterocycles. The van der Waals surface area contributed by atoms with Gasteiger partial charge in [-0.1, -0.05) is 17.7 Å². The Morgan fingerprint density at radius 3 is 2.93 bits per heavy atom. The minimum Gasteiger partial charge on any atom is -0.360 e. The molecule has 0 bridgehead atoms. The highest BCUT2D eigenvalue weighted by Crippen LogP contribution is 2.18. The molecular weight excluding hydrogens is 200 g/mol. The Morgan fingerprint density at radius 2 is 2.21 bits per heavy atom. The molecule has 0 saturated carbocycles. The maximum atomic E-state index is 11.5. The second-order valence-corrected chi connectivity index (χ2v) is 3.21. The van der Waals surface area contributed by atoms with Crippen LogP contribution in [0.2, 0.25) is 5.02 Å². The average Bonchev–Trinajstić information content (AvgIpc) is 2.23. The molecule has 2 aromatic rings. The molecule has 1 N–H and O–H groups in total. The van der Waals surface area contributed by atoms with Gasteiger partial charge in [-0.15, -0.1) is 0 Å². The van der Waals surface area contributed by atoms with Crippen molar-refractivity contribution in [1.29, 1.82) is 0 Å². The van der Waals surface area contributed by atoms with Gasteiger partial charge in [0.05, 0.1) is 6.57 Å². The van der Waals surface area contributed by atoms with Crippen LogP contribution < -0.4 is 5.43 Å². The van der Waals surface area contributed by atoms with E-state index >= 15 is 0 Å². The number of H-pyrrole nitrogens is 1. The van der Waals surface area contributed by atoms with E-state index in [2.05, 4.69) is 9.83 Å². The Bertz CT molecular complexity index is 595. The first-order valence-corrected chi connectivity index (χ1v) is 4.28. The van der Waals surface area contributed by atoms with Gasteiger partial charge in [0.1, 0.15) is 5.02 Å². The summed E-state index contributed by atoms with van der Waals surface area (Å²) in [5.74, 6) is 0. The molecule has 4 heteroatoms. The topological polar surface area (TPSA) is 37.2 Å². The predicted octanol–water partition coefficient (Wildman–Crippen LogP) is 2.73. The SMILES string of the molecule is [C-]#[N+]c1ccc2[nH]cc(Cl)c(=O)c2c1. The molecule has 1 aromatic carbocycles. The van der Waals surface area contributed by atoms with E-state index in [9.17, 15) is 4.79 Å². The van der Waals surface area contributed by atoms with Gasteiger partial charge in [0.2, 0.25) is 5.43 Å². The number of aromatic amines is 1. The van der Waals surface area contributed by atoms with Crippen LogP contribution in [-0.2, 0) is 0 Å². The summed E-state index contributed by atoms with van der Waals surface area (Å²) in [6.07, 6.45) is 1.45. The molecule has 0 spiro atoms. The third-order valence-electron chi connectivity index (χ3n) is 1.95. The second-order valence-electron chi connectivity index (χ2n) is 2.81. The van der Waals surface area contributed by atoms with Gasteiger partial charge in [0.25, 0.3) is 0 Å². The van der Waals surface area contributed by atoms with E-state index in [1.807, 2.05) is 0 Å². The number of halogens is 1. The summed E-state index contributed by atoms with van der Waals surface area (Å²) in [5.41, 5.74) is 0.878. The van der Waals surface area contributed by atoms with E-state index in [0.717, 1.165) is 0 Å². The maximum absolute atomic E-state index is 11.5. The zero-order valence-corrected chi connectivity index (χ0v) is 7.80. The summed E-state index contributed by atoms with van der Waals surface area (Å²) in [6, 6.07) is 4.88. The number of benzene rings is 1. The Hall–Kier alpha value is -1.79. The van der Waals surface area contributed by atoms with Gasteiger partial charge >= 0.3 is 0 Å². The highest BCUT2D eigenvalue weighted by molar-refractivity contribution is 6.31. The lowest BCUT2D eigenvalue weighted by atomic mass is 10.2. The zero-order chi connectivity index (χ0) is 10.1. The fourth-order valence-electron chi connectivity index (χ4n) is 1.25. The van der Waals surface area contributed by atoms with Crippen molar-refractivity contribution >= 4 is 28.2 Å². The molecule has 0 aliphatic heterocycles. The molecule has 0 unspecified atom stereocenters. The first kappa shape index (κ1) is 8.79. The van der Waals surface area contributed by atoms with Gasteiger partial charge in [0, 0.05) is 17.1 Å². The number of hydrogen-bond acceptors (Lipinski definition) is 1. The number of aromatic nitrogens is 1. The van der Waals surface area contributed by atoms with E-state index < -0.39 is 0 Å². The summed E-state index contributed by atoms with van der Waals surface area (Å²) in [5, 5.41) is 0.589. The van der Waals surface area contributed by atoms with E-state index in [0.29, 0.717) is 16.6 Å². The molecule has 0 fully saturated rings. The van der Waals surface area contributed by atoms with Crippen molar-refractivity contribution in [2.24, 2.45) is 0 Å². The summed E-state index contributed by atoms with van der Waals surface area (Å²) < 4.78 is 0. The van der Waals surface area contributed by atoms with Gasteiger partial charge in [-0.05, 0) is 12.1 Å². The van der Waals surface area contributed by atoms with Crippen molar-refractivity contribution in [3.63, 3.8) is 0 Å². The molecule has 0 aliphatic carbocycles. The normalized spacial score (nSPS) is 10.0. The van der Waals surface area contributed by atoms with E-state index in [4.69, 9.17) is 18.2 Å². The molecule has 3 nitrogen and oxygen atoms in total. The zero-order valence-electron chi connectivity index (χ0n) is 7.04. The fraction of sp³-hybridized carbons (Fsp3) is 0.